The van der Waals surface area contributed by atoms with E-state index in [0.717, 1.165) is 22.6 Å². The number of aromatic nitrogens is 1. The van der Waals surface area contributed by atoms with Gasteiger partial charge in [0.05, 0.1) is 21.8 Å². The summed E-state index contributed by atoms with van der Waals surface area (Å²) in [6.45, 7) is 0.354. The highest BCUT2D eigenvalue weighted by atomic mass is 35.5. The summed E-state index contributed by atoms with van der Waals surface area (Å²) in [5, 5.41) is 5.72. The van der Waals surface area contributed by atoms with E-state index in [1.807, 2.05) is 47.8 Å². The molecule has 0 bridgehead atoms. The summed E-state index contributed by atoms with van der Waals surface area (Å²) < 4.78 is 55.4. The lowest BCUT2D eigenvalue weighted by Gasteiger charge is -2.36. The molecule has 2 aromatic heterocycles. The molecule has 33 heavy (non-hydrogen) atoms. The second kappa shape index (κ2) is 9.63. The van der Waals surface area contributed by atoms with E-state index in [0.29, 0.717) is 23.3 Å². The van der Waals surface area contributed by atoms with Crippen molar-refractivity contribution in [3.05, 3.63) is 122 Å². The van der Waals surface area contributed by atoms with E-state index in [1.165, 1.54) is 17.5 Å². The van der Waals surface area contributed by atoms with Gasteiger partial charge < -0.3 is 0 Å². The van der Waals surface area contributed by atoms with Crippen LogP contribution in [0.15, 0.2) is 84.4 Å². The zero-order chi connectivity index (χ0) is 23.5. The average Bonchev–Trinajstić information content (AvgIpc) is 3.31. The van der Waals surface area contributed by atoms with Crippen molar-refractivity contribution in [3.63, 3.8) is 0 Å². The van der Waals surface area contributed by atoms with Crippen LogP contribution in [-0.4, -0.2) is 4.98 Å². The molecule has 4 rings (SSSR count). The molecule has 170 valence electrons. The monoisotopic (exact) mass is 490 g/mol. The Morgan fingerprint density at radius 2 is 1.67 bits per heavy atom. The predicted octanol–water partition coefficient (Wildman–Crippen LogP) is 7.23. The number of benzene rings is 2. The van der Waals surface area contributed by atoms with Gasteiger partial charge in [-0.3, -0.25) is 10.3 Å². The van der Waals surface area contributed by atoms with Crippen molar-refractivity contribution in [3.8, 4) is 0 Å². The number of thiophene rings is 1. The van der Waals surface area contributed by atoms with E-state index in [1.54, 1.807) is 12.1 Å². The van der Waals surface area contributed by atoms with Gasteiger partial charge >= 0.3 is 6.18 Å². The molecule has 0 aliphatic heterocycles. The first-order chi connectivity index (χ1) is 15.8. The highest BCUT2D eigenvalue weighted by molar-refractivity contribution is 7.09. The molecule has 0 fully saturated rings. The quantitative estimate of drug-likeness (QED) is 0.276. The number of nitrogens with zero attached hydrogens (tertiary/aromatic N) is 1. The van der Waals surface area contributed by atoms with Gasteiger partial charge in [-0.15, -0.1) is 11.3 Å². The molecule has 0 aliphatic rings. The van der Waals surface area contributed by atoms with Crippen molar-refractivity contribution in [2.75, 3.05) is 0 Å². The smallest absolute Gasteiger partial charge is 0.297 e. The van der Waals surface area contributed by atoms with Crippen LogP contribution in [0.5, 0.6) is 0 Å². The lowest BCUT2D eigenvalue weighted by atomic mass is 9.79. The zero-order valence-electron chi connectivity index (χ0n) is 17.2. The van der Waals surface area contributed by atoms with Gasteiger partial charge in [0, 0.05) is 24.0 Å². The van der Waals surface area contributed by atoms with E-state index in [9.17, 15) is 17.6 Å². The summed E-state index contributed by atoms with van der Waals surface area (Å²) in [5.41, 5.74) is -0.887. The van der Waals surface area contributed by atoms with Gasteiger partial charge in [0.2, 0.25) is 0 Å². The van der Waals surface area contributed by atoms with Gasteiger partial charge in [-0.05, 0) is 52.9 Å². The average molecular weight is 491 g/mol. The van der Waals surface area contributed by atoms with Crippen LogP contribution < -0.4 is 5.32 Å². The number of halogens is 5. The van der Waals surface area contributed by atoms with Crippen LogP contribution in [0.4, 0.5) is 17.6 Å². The maximum atomic E-state index is 14.6. The summed E-state index contributed by atoms with van der Waals surface area (Å²) in [4.78, 5) is 5.43. The number of pyridine rings is 1. The normalized spacial score (nSPS) is 13.6. The van der Waals surface area contributed by atoms with Gasteiger partial charge in [0.15, 0.2) is 0 Å². The molecule has 2 nitrogen and oxygen atoms in total. The molecular formula is C25H19ClF4N2S. The van der Waals surface area contributed by atoms with Crippen LogP contribution in [0.3, 0.4) is 0 Å². The molecule has 1 unspecified atom stereocenters. The Morgan fingerprint density at radius 3 is 2.30 bits per heavy atom. The minimum absolute atomic E-state index is 0.130. The van der Waals surface area contributed by atoms with Crippen molar-refractivity contribution in [1.82, 2.24) is 10.3 Å². The zero-order valence-corrected chi connectivity index (χ0v) is 18.8. The molecule has 0 saturated heterocycles. The van der Waals surface area contributed by atoms with E-state index in [2.05, 4.69) is 10.3 Å². The largest absolute Gasteiger partial charge is 0.416 e. The molecule has 8 heteroatoms. The number of hydrogen-bond acceptors (Lipinski definition) is 3. The molecule has 0 amide bonds. The maximum absolute atomic E-state index is 14.6. The molecule has 2 aromatic carbocycles. The van der Waals surface area contributed by atoms with Crippen molar-refractivity contribution in [1.29, 1.82) is 0 Å². The van der Waals surface area contributed by atoms with Crippen molar-refractivity contribution >= 4 is 22.9 Å². The van der Waals surface area contributed by atoms with E-state index < -0.39 is 23.1 Å². The lowest BCUT2D eigenvalue weighted by molar-refractivity contribution is -0.137. The maximum Gasteiger partial charge on any atom is 0.416 e. The molecule has 4 aromatic rings. The summed E-state index contributed by atoms with van der Waals surface area (Å²) in [6, 6.07) is 19.0. The van der Waals surface area contributed by atoms with Crippen LogP contribution in [0, 0.1) is 5.82 Å². The molecular weight excluding hydrogens is 472 g/mol. The molecule has 1 N–H and O–H groups in total. The highest BCUT2D eigenvalue weighted by Gasteiger charge is 2.39. The summed E-state index contributed by atoms with van der Waals surface area (Å²) in [6.07, 6.45) is -3.02. The van der Waals surface area contributed by atoms with Crippen LogP contribution in [0.2, 0.25) is 5.02 Å². The summed E-state index contributed by atoms with van der Waals surface area (Å²) >= 11 is 7.56. The first-order valence-corrected chi connectivity index (χ1v) is 11.3. The van der Waals surface area contributed by atoms with Crippen LogP contribution >= 0.6 is 22.9 Å². The molecule has 0 spiro atoms. The molecule has 0 radical (unpaired) electrons. The predicted molar refractivity (Wildman–Crippen MR) is 123 cm³/mol. The SMILES string of the molecule is Fc1cc(C(F)(F)F)cc(C(Cc2ccccc2)(NCc2cccs2)c2ccc(Cl)cn2)c1. The van der Waals surface area contributed by atoms with Gasteiger partial charge in [0.1, 0.15) is 5.82 Å². The molecule has 1 atom stereocenters. The van der Waals surface area contributed by atoms with Crippen LogP contribution in [-0.2, 0) is 24.7 Å². The molecule has 2 heterocycles. The summed E-state index contributed by atoms with van der Waals surface area (Å²) in [5.74, 6) is -0.968. The second-order valence-electron chi connectivity index (χ2n) is 7.59. The number of hydrogen-bond donors (Lipinski definition) is 1. The second-order valence-corrected chi connectivity index (χ2v) is 9.06. The first-order valence-electron chi connectivity index (χ1n) is 10.1. The number of rotatable bonds is 7. The standard InChI is InChI=1S/C25H19ClF4N2S/c26-20-8-9-23(31-15-20)24(14-17-5-2-1-3-6-17,32-16-22-7-4-10-33-22)18-11-19(25(28,29)30)13-21(27)12-18/h1-13,15,32H,14,16H2. The number of nitrogens with one attached hydrogen (secondary N) is 1. The van der Waals surface area contributed by atoms with Gasteiger partial charge in [0.25, 0.3) is 0 Å². The molecule has 0 saturated carbocycles. The van der Waals surface area contributed by atoms with Crippen LogP contribution in [0.25, 0.3) is 0 Å². The third-order valence-electron chi connectivity index (χ3n) is 5.34. The Labute approximate surface area is 197 Å². The Bertz CT molecular complexity index is 1200. The Hall–Kier alpha value is -2.74. The minimum Gasteiger partial charge on any atom is -0.297 e. The van der Waals surface area contributed by atoms with Gasteiger partial charge in [-0.1, -0.05) is 48.0 Å². The van der Waals surface area contributed by atoms with Crippen molar-refractivity contribution < 1.29 is 17.6 Å². The molecule has 0 aliphatic carbocycles. The fraction of sp³-hybridized carbons (Fsp3) is 0.160. The van der Waals surface area contributed by atoms with Gasteiger partial charge in [-0.2, -0.15) is 13.2 Å². The third kappa shape index (κ3) is 5.43. The highest BCUT2D eigenvalue weighted by Crippen LogP contribution is 2.38. The summed E-state index contributed by atoms with van der Waals surface area (Å²) in [7, 11) is 0. The van der Waals surface area contributed by atoms with E-state index in [4.69, 9.17) is 11.6 Å². The Morgan fingerprint density at radius 1 is 0.909 bits per heavy atom. The Balaban J connectivity index is 1.93. The van der Waals surface area contributed by atoms with Gasteiger partial charge in [-0.25, -0.2) is 4.39 Å². The Kier molecular flexibility index (Phi) is 6.83. The third-order valence-corrected chi connectivity index (χ3v) is 6.44. The van der Waals surface area contributed by atoms with E-state index in [-0.39, 0.29) is 12.0 Å². The first kappa shape index (κ1) is 23.4. The van der Waals surface area contributed by atoms with Crippen molar-refractivity contribution in [2.24, 2.45) is 0 Å². The fourth-order valence-corrected chi connectivity index (χ4v) is 4.53. The van der Waals surface area contributed by atoms with Crippen LogP contribution in [0.1, 0.15) is 27.3 Å². The lowest BCUT2D eigenvalue weighted by Crippen LogP contribution is -2.46. The topological polar surface area (TPSA) is 24.9 Å². The number of alkyl halides is 3. The van der Waals surface area contributed by atoms with Crippen molar-refractivity contribution in [2.45, 2.75) is 24.7 Å². The minimum atomic E-state index is -4.70. The fourth-order valence-electron chi connectivity index (χ4n) is 3.78. The van der Waals surface area contributed by atoms with E-state index >= 15 is 0 Å².